The standard InChI is InChI=1S/C19H25BrN2O4/c1-18(2,3)26-17(24)22-12-7-19(8-12)9-13(10-19)25-15-6-11(20)4-5-14(15)16(21)23/h4-6,12-13H,7-10H2,1-3H3,(H2,21,23)(H,22,24). The lowest BCUT2D eigenvalue weighted by atomic mass is 9.53. The van der Waals surface area contributed by atoms with Gasteiger partial charge in [-0.1, -0.05) is 15.9 Å². The van der Waals surface area contributed by atoms with Gasteiger partial charge in [-0.15, -0.1) is 0 Å². The van der Waals surface area contributed by atoms with Crippen LogP contribution in [0.15, 0.2) is 22.7 Å². The lowest BCUT2D eigenvalue weighted by molar-refractivity contribution is -0.0854. The summed E-state index contributed by atoms with van der Waals surface area (Å²) in [5.74, 6) is 0.0290. The van der Waals surface area contributed by atoms with Crippen molar-refractivity contribution < 1.29 is 19.1 Å². The molecule has 0 bridgehead atoms. The van der Waals surface area contributed by atoms with Gasteiger partial charge in [0.15, 0.2) is 0 Å². The van der Waals surface area contributed by atoms with Crippen LogP contribution in [-0.4, -0.2) is 29.7 Å². The van der Waals surface area contributed by atoms with Gasteiger partial charge in [-0.05, 0) is 70.1 Å². The summed E-state index contributed by atoms with van der Waals surface area (Å²) in [4.78, 5) is 23.3. The number of carbonyl (C=O) groups excluding carboxylic acids is 2. The molecule has 3 rings (SSSR count). The monoisotopic (exact) mass is 424 g/mol. The number of nitrogens with one attached hydrogen (secondary N) is 1. The van der Waals surface area contributed by atoms with E-state index in [2.05, 4.69) is 21.2 Å². The van der Waals surface area contributed by atoms with Gasteiger partial charge in [0.25, 0.3) is 5.91 Å². The van der Waals surface area contributed by atoms with Gasteiger partial charge < -0.3 is 20.5 Å². The second kappa shape index (κ2) is 6.76. The highest BCUT2D eigenvalue weighted by atomic mass is 79.9. The summed E-state index contributed by atoms with van der Waals surface area (Å²) in [6.07, 6.45) is 3.43. The van der Waals surface area contributed by atoms with Crippen LogP contribution >= 0.6 is 15.9 Å². The van der Waals surface area contributed by atoms with Crippen molar-refractivity contribution in [2.45, 2.75) is 64.2 Å². The fourth-order valence-corrected chi connectivity index (χ4v) is 4.20. The van der Waals surface area contributed by atoms with Crippen LogP contribution in [-0.2, 0) is 4.74 Å². The van der Waals surface area contributed by atoms with Gasteiger partial charge in [0.05, 0.1) is 11.7 Å². The average Bonchev–Trinajstić information content (AvgIpc) is 2.40. The summed E-state index contributed by atoms with van der Waals surface area (Å²) in [5.41, 5.74) is 5.56. The highest BCUT2D eigenvalue weighted by molar-refractivity contribution is 9.10. The van der Waals surface area contributed by atoms with Gasteiger partial charge in [-0.2, -0.15) is 0 Å². The summed E-state index contributed by atoms with van der Waals surface area (Å²) in [5, 5.41) is 2.92. The van der Waals surface area contributed by atoms with Crippen LogP contribution in [0.2, 0.25) is 0 Å². The van der Waals surface area contributed by atoms with Crippen LogP contribution in [0.1, 0.15) is 56.8 Å². The SMILES string of the molecule is CC(C)(C)OC(=O)NC1CC2(C1)CC(Oc1cc(Br)ccc1C(N)=O)C2. The molecule has 0 unspecified atom stereocenters. The lowest BCUT2D eigenvalue weighted by Crippen LogP contribution is -2.59. The predicted molar refractivity (Wildman–Crippen MR) is 101 cm³/mol. The van der Waals surface area contributed by atoms with E-state index in [0.717, 1.165) is 30.2 Å². The van der Waals surface area contributed by atoms with Crippen molar-refractivity contribution >= 4 is 27.9 Å². The van der Waals surface area contributed by atoms with Crippen molar-refractivity contribution in [3.05, 3.63) is 28.2 Å². The number of ether oxygens (including phenoxy) is 2. The third-order valence-electron chi connectivity index (χ3n) is 4.90. The molecule has 2 aliphatic rings. The Balaban J connectivity index is 1.47. The normalized spacial score (nSPS) is 27.2. The van der Waals surface area contributed by atoms with Gasteiger partial charge in [0, 0.05) is 10.5 Å². The van der Waals surface area contributed by atoms with E-state index in [4.69, 9.17) is 15.2 Å². The molecule has 2 fully saturated rings. The van der Waals surface area contributed by atoms with Crippen molar-refractivity contribution in [1.29, 1.82) is 0 Å². The van der Waals surface area contributed by atoms with E-state index < -0.39 is 11.5 Å². The van der Waals surface area contributed by atoms with Gasteiger partial charge in [0.1, 0.15) is 11.4 Å². The quantitative estimate of drug-likeness (QED) is 0.769. The number of primary amides is 1. The van der Waals surface area contributed by atoms with Crippen molar-refractivity contribution in [3.63, 3.8) is 0 Å². The van der Waals surface area contributed by atoms with E-state index in [0.29, 0.717) is 11.3 Å². The zero-order valence-electron chi connectivity index (χ0n) is 15.3. The molecule has 7 heteroatoms. The van der Waals surface area contributed by atoms with E-state index in [1.54, 1.807) is 18.2 Å². The summed E-state index contributed by atoms with van der Waals surface area (Å²) >= 11 is 3.39. The Bertz CT molecular complexity index is 715. The maximum atomic E-state index is 11.8. The van der Waals surface area contributed by atoms with Gasteiger partial charge >= 0.3 is 6.09 Å². The minimum Gasteiger partial charge on any atom is -0.490 e. The Labute approximate surface area is 161 Å². The number of benzene rings is 1. The first-order valence-corrected chi connectivity index (χ1v) is 9.60. The van der Waals surface area contributed by atoms with E-state index in [1.807, 2.05) is 20.8 Å². The second-order valence-corrected chi connectivity index (χ2v) is 9.32. The largest absolute Gasteiger partial charge is 0.490 e. The third kappa shape index (κ3) is 4.31. The van der Waals surface area contributed by atoms with Gasteiger partial charge in [0.2, 0.25) is 0 Å². The number of rotatable bonds is 4. The predicted octanol–water partition coefficient (Wildman–Crippen LogP) is 3.76. The molecule has 6 nitrogen and oxygen atoms in total. The van der Waals surface area contributed by atoms with Crippen LogP contribution < -0.4 is 15.8 Å². The molecule has 0 atom stereocenters. The molecule has 1 aromatic carbocycles. The van der Waals surface area contributed by atoms with E-state index in [9.17, 15) is 9.59 Å². The molecule has 1 spiro atoms. The Hall–Kier alpha value is -1.76. The molecule has 0 saturated heterocycles. The topological polar surface area (TPSA) is 90.7 Å². The molecular weight excluding hydrogens is 400 g/mol. The Morgan fingerprint density at radius 1 is 1.23 bits per heavy atom. The Morgan fingerprint density at radius 2 is 1.88 bits per heavy atom. The van der Waals surface area contributed by atoms with E-state index in [1.165, 1.54) is 0 Å². The molecular formula is C19H25BrN2O4. The van der Waals surface area contributed by atoms with Crippen molar-refractivity contribution in [1.82, 2.24) is 5.32 Å². The first kappa shape index (κ1) is 19.0. The summed E-state index contributed by atoms with van der Waals surface area (Å²) in [7, 11) is 0. The molecule has 0 aromatic heterocycles. The Kier molecular flexibility index (Phi) is 4.94. The molecule has 0 radical (unpaired) electrons. The van der Waals surface area contributed by atoms with Crippen LogP contribution in [0, 0.1) is 5.41 Å². The molecule has 3 N–H and O–H groups in total. The zero-order valence-corrected chi connectivity index (χ0v) is 16.9. The lowest BCUT2D eigenvalue weighted by Gasteiger charge is -2.57. The minimum absolute atomic E-state index is 0.0740. The molecule has 2 amide bonds. The molecule has 2 saturated carbocycles. The highest BCUT2D eigenvalue weighted by Crippen LogP contribution is 2.57. The number of nitrogens with two attached hydrogens (primary N) is 1. The van der Waals surface area contributed by atoms with Crippen LogP contribution in [0.25, 0.3) is 0 Å². The van der Waals surface area contributed by atoms with Crippen LogP contribution in [0.4, 0.5) is 4.79 Å². The number of amides is 2. The molecule has 26 heavy (non-hydrogen) atoms. The van der Waals surface area contributed by atoms with Gasteiger partial charge in [-0.25, -0.2) is 4.79 Å². The highest BCUT2D eigenvalue weighted by Gasteiger charge is 2.54. The molecule has 2 aliphatic carbocycles. The molecule has 0 heterocycles. The molecule has 0 aliphatic heterocycles. The maximum Gasteiger partial charge on any atom is 0.407 e. The first-order chi connectivity index (χ1) is 12.1. The fraction of sp³-hybridized carbons (Fsp3) is 0.579. The summed E-state index contributed by atoms with van der Waals surface area (Å²) in [6, 6.07) is 5.38. The van der Waals surface area contributed by atoms with Crippen molar-refractivity contribution in [2.24, 2.45) is 11.1 Å². The minimum atomic E-state index is -0.494. The van der Waals surface area contributed by atoms with E-state index in [-0.39, 0.29) is 23.7 Å². The molecule has 1 aromatic rings. The molecule has 142 valence electrons. The number of hydrogen-bond donors (Lipinski definition) is 2. The smallest absolute Gasteiger partial charge is 0.407 e. The van der Waals surface area contributed by atoms with Crippen molar-refractivity contribution in [2.75, 3.05) is 0 Å². The summed E-state index contributed by atoms with van der Waals surface area (Å²) in [6.45, 7) is 5.56. The Morgan fingerprint density at radius 3 is 2.46 bits per heavy atom. The second-order valence-electron chi connectivity index (χ2n) is 8.40. The third-order valence-corrected chi connectivity index (χ3v) is 5.40. The van der Waals surface area contributed by atoms with Crippen LogP contribution in [0.3, 0.4) is 0 Å². The average molecular weight is 425 g/mol. The first-order valence-electron chi connectivity index (χ1n) is 8.81. The number of alkyl carbamates (subject to hydrolysis) is 1. The zero-order chi connectivity index (χ0) is 19.1. The number of carbonyl (C=O) groups is 2. The van der Waals surface area contributed by atoms with Crippen LogP contribution in [0.5, 0.6) is 5.75 Å². The number of halogens is 1. The van der Waals surface area contributed by atoms with Crippen molar-refractivity contribution in [3.8, 4) is 5.75 Å². The number of hydrogen-bond acceptors (Lipinski definition) is 4. The maximum absolute atomic E-state index is 11.8. The fourth-order valence-electron chi connectivity index (χ4n) is 3.86. The summed E-state index contributed by atoms with van der Waals surface area (Å²) < 4.78 is 12.1. The van der Waals surface area contributed by atoms with E-state index >= 15 is 0 Å². The van der Waals surface area contributed by atoms with Gasteiger partial charge in [-0.3, -0.25) is 4.79 Å².